The number of aryl methyl sites for hydroxylation is 1. The van der Waals surface area contributed by atoms with E-state index >= 15 is 0 Å². The lowest BCUT2D eigenvalue weighted by Crippen LogP contribution is -2.15. The van der Waals surface area contributed by atoms with Crippen molar-refractivity contribution in [1.29, 1.82) is 0 Å². The largest absolute Gasteiger partial charge is 0.364 e. The predicted octanol–water partition coefficient (Wildman–Crippen LogP) is 1.88. The Labute approximate surface area is 114 Å². The average Bonchev–Trinajstić information content (AvgIpc) is 2.39. The van der Waals surface area contributed by atoms with Crippen molar-refractivity contribution in [3.63, 3.8) is 0 Å². The van der Waals surface area contributed by atoms with Crippen LogP contribution in [0.5, 0.6) is 0 Å². The number of hydrogen-bond acceptors (Lipinski definition) is 3. The van der Waals surface area contributed by atoms with Crippen molar-refractivity contribution < 1.29 is 14.0 Å². The summed E-state index contributed by atoms with van der Waals surface area (Å²) in [5.41, 5.74) is 6.50. The smallest absolute Gasteiger partial charge is 0.267 e. The summed E-state index contributed by atoms with van der Waals surface area (Å²) in [4.78, 5) is 26.7. The van der Waals surface area contributed by atoms with E-state index < -0.39 is 11.7 Å². The summed E-state index contributed by atoms with van der Waals surface area (Å²) in [7, 11) is 0. The normalized spacial score (nSPS) is 10.1. The van der Waals surface area contributed by atoms with Gasteiger partial charge in [0.25, 0.3) is 11.8 Å². The molecular formula is C14H12FN3O2. The summed E-state index contributed by atoms with van der Waals surface area (Å²) < 4.78 is 13.0. The summed E-state index contributed by atoms with van der Waals surface area (Å²) in [6.07, 6.45) is 1.33. The first-order chi connectivity index (χ1) is 9.47. The van der Waals surface area contributed by atoms with Gasteiger partial charge in [-0.25, -0.2) is 9.37 Å². The third kappa shape index (κ3) is 2.97. The van der Waals surface area contributed by atoms with Gasteiger partial charge in [0.1, 0.15) is 11.5 Å². The third-order valence-corrected chi connectivity index (χ3v) is 2.71. The minimum Gasteiger partial charge on any atom is -0.364 e. The molecule has 0 saturated carbocycles. The Morgan fingerprint density at radius 3 is 2.55 bits per heavy atom. The zero-order valence-corrected chi connectivity index (χ0v) is 10.7. The molecule has 6 heteroatoms. The van der Waals surface area contributed by atoms with Gasteiger partial charge in [-0.15, -0.1) is 0 Å². The number of amides is 2. The highest BCUT2D eigenvalue weighted by Crippen LogP contribution is 2.13. The Morgan fingerprint density at radius 2 is 2.00 bits per heavy atom. The molecule has 3 N–H and O–H groups in total. The first-order valence-electron chi connectivity index (χ1n) is 5.81. The van der Waals surface area contributed by atoms with Crippen molar-refractivity contribution in [3.8, 4) is 0 Å². The van der Waals surface area contributed by atoms with Crippen LogP contribution in [0.15, 0.2) is 36.5 Å². The van der Waals surface area contributed by atoms with Crippen LogP contribution in [0.1, 0.15) is 26.4 Å². The summed E-state index contributed by atoms with van der Waals surface area (Å²) >= 11 is 0. The van der Waals surface area contributed by atoms with E-state index in [4.69, 9.17) is 5.73 Å². The Balaban J connectivity index is 2.17. The van der Waals surface area contributed by atoms with Crippen LogP contribution < -0.4 is 11.1 Å². The number of carbonyl (C=O) groups excluding carboxylic acids is 2. The molecule has 0 atom stereocenters. The fourth-order valence-electron chi connectivity index (χ4n) is 1.69. The lowest BCUT2D eigenvalue weighted by molar-refractivity contribution is 0.0994. The van der Waals surface area contributed by atoms with Gasteiger partial charge in [0.15, 0.2) is 0 Å². The van der Waals surface area contributed by atoms with Gasteiger partial charge in [0, 0.05) is 5.56 Å². The number of pyridine rings is 1. The molecule has 0 radical (unpaired) electrons. The lowest BCUT2D eigenvalue weighted by atomic mass is 10.1. The Kier molecular flexibility index (Phi) is 3.74. The van der Waals surface area contributed by atoms with Gasteiger partial charge in [-0.1, -0.05) is 0 Å². The maximum absolute atomic E-state index is 13.0. The molecule has 5 nitrogen and oxygen atoms in total. The molecule has 0 aliphatic carbocycles. The van der Waals surface area contributed by atoms with Crippen LogP contribution >= 0.6 is 0 Å². The van der Waals surface area contributed by atoms with Crippen molar-refractivity contribution in [2.75, 3.05) is 5.32 Å². The van der Waals surface area contributed by atoms with Crippen LogP contribution in [-0.4, -0.2) is 16.8 Å². The van der Waals surface area contributed by atoms with Gasteiger partial charge in [-0.3, -0.25) is 9.59 Å². The Morgan fingerprint density at radius 1 is 1.25 bits per heavy atom. The summed E-state index contributed by atoms with van der Waals surface area (Å²) in [5.74, 6) is -1.42. The van der Waals surface area contributed by atoms with Crippen molar-refractivity contribution in [3.05, 3.63) is 59.2 Å². The van der Waals surface area contributed by atoms with Crippen LogP contribution in [0.2, 0.25) is 0 Å². The zero-order chi connectivity index (χ0) is 14.7. The maximum Gasteiger partial charge on any atom is 0.267 e. The van der Waals surface area contributed by atoms with E-state index in [0.717, 1.165) is 0 Å². The second-order valence-corrected chi connectivity index (χ2v) is 4.21. The van der Waals surface area contributed by atoms with E-state index in [1.807, 2.05) is 0 Å². The van der Waals surface area contributed by atoms with Gasteiger partial charge in [-0.2, -0.15) is 0 Å². The van der Waals surface area contributed by atoms with E-state index in [-0.39, 0.29) is 11.6 Å². The summed E-state index contributed by atoms with van der Waals surface area (Å²) in [5, 5.41) is 2.61. The molecule has 1 aromatic heterocycles. The maximum atomic E-state index is 13.0. The number of aromatic nitrogens is 1. The minimum atomic E-state index is -0.641. The molecule has 0 unspecified atom stereocenters. The highest BCUT2D eigenvalue weighted by molar-refractivity contribution is 6.05. The monoisotopic (exact) mass is 273 g/mol. The van der Waals surface area contributed by atoms with Gasteiger partial charge < -0.3 is 11.1 Å². The van der Waals surface area contributed by atoms with E-state index in [2.05, 4.69) is 10.3 Å². The summed E-state index contributed by atoms with van der Waals surface area (Å²) in [6.45, 7) is 1.65. The second-order valence-electron chi connectivity index (χ2n) is 4.21. The van der Waals surface area contributed by atoms with Crippen molar-refractivity contribution in [1.82, 2.24) is 4.98 Å². The van der Waals surface area contributed by atoms with Crippen molar-refractivity contribution in [2.24, 2.45) is 5.73 Å². The fourth-order valence-corrected chi connectivity index (χ4v) is 1.69. The van der Waals surface area contributed by atoms with Crippen LogP contribution in [0, 0.1) is 12.7 Å². The topological polar surface area (TPSA) is 85.1 Å². The molecule has 102 valence electrons. The number of nitrogens with one attached hydrogen (secondary N) is 1. The molecule has 2 aromatic rings. The number of halogens is 1. The molecule has 2 rings (SSSR count). The highest BCUT2D eigenvalue weighted by Gasteiger charge is 2.10. The summed E-state index contributed by atoms with van der Waals surface area (Å²) in [6, 6.07) is 6.84. The molecule has 0 aliphatic rings. The van der Waals surface area contributed by atoms with Crippen LogP contribution in [0.3, 0.4) is 0 Å². The zero-order valence-electron chi connectivity index (χ0n) is 10.7. The van der Waals surface area contributed by atoms with Gasteiger partial charge in [0.05, 0.1) is 11.9 Å². The van der Waals surface area contributed by atoms with E-state index in [9.17, 15) is 14.0 Å². The molecule has 0 fully saturated rings. The molecule has 1 heterocycles. The molecule has 20 heavy (non-hydrogen) atoms. The quantitative estimate of drug-likeness (QED) is 0.895. The minimum absolute atomic E-state index is 0.112. The number of nitrogens with zero attached hydrogens (tertiary/aromatic N) is 1. The van der Waals surface area contributed by atoms with Gasteiger partial charge in [-0.05, 0) is 42.8 Å². The van der Waals surface area contributed by atoms with Crippen LogP contribution in [0.4, 0.5) is 10.1 Å². The standard InChI is InChI=1S/C14H12FN3O2/c1-8-6-9(15)2-4-11(8)14(20)18-10-3-5-12(13(16)19)17-7-10/h2-7H,1H3,(H2,16,19)(H,18,20). The van der Waals surface area contributed by atoms with Crippen molar-refractivity contribution >= 4 is 17.5 Å². The number of primary amides is 1. The van der Waals surface area contributed by atoms with Gasteiger partial charge >= 0.3 is 0 Å². The molecular weight excluding hydrogens is 261 g/mol. The third-order valence-electron chi connectivity index (χ3n) is 2.71. The Bertz CT molecular complexity index is 669. The Hall–Kier alpha value is -2.76. The molecule has 2 amide bonds. The van der Waals surface area contributed by atoms with Gasteiger partial charge in [0.2, 0.25) is 0 Å². The lowest BCUT2D eigenvalue weighted by Gasteiger charge is -2.07. The molecule has 0 aliphatic heterocycles. The highest BCUT2D eigenvalue weighted by atomic mass is 19.1. The van der Waals surface area contributed by atoms with Crippen LogP contribution in [0.25, 0.3) is 0 Å². The molecule has 0 saturated heterocycles. The fraction of sp³-hybridized carbons (Fsp3) is 0.0714. The first kappa shape index (κ1) is 13.7. The number of nitrogens with two attached hydrogens (primary N) is 1. The molecule has 1 aromatic carbocycles. The van der Waals surface area contributed by atoms with E-state index in [1.54, 1.807) is 6.92 Å². The number of hydrogen-bond donors (Lipinski definition) is 2. The molecule has 0 bridgehead atoms. The van der Waals surface area contributed by atoms with E-state index in [1.165, 1.54) is 36.5 Å². The number of carbonyl (C=O) groups is 2. The molecule has 0 spiro atoms. The van der Waals surface area contributed by atoms with Crippen LogP contribution in [-0.2, 0) is 0 Å². The predicted molar refractivity (Wildman–Crippen MR) is 71.8 cm³/mol. The average molecular weight is 273 g/mol. The first-order valence-corrected chi connectivity index (χ1v) is 5.81. The SMILES string of the molecule is Cc1cc(F)ccc1C(=O)Nc1ccc(C(N)=O)nc1. The number of benzene rings is 1. The second kappa shape index (κ2) is 5.48. The number of rotatable bonds is 3. The number of anilines is 1. The van der Waals surface area contributed by atoms with Crippen molar-refractivity contribution in [2.45, 2.75) is 6.92 Å². The van der Waals surface area contributed by atoms with E-state index in [0.29, 0.717) is 16.8 Å².